The first-order valence-electron chi connectivity index (χ1n) is 26.6. The Morgan fingerprint density at radius 2 is 1.25 bits per heavy atom. The molecule has 6 saturated heterocycles. The van der Waals surface area contributed by atoms with E-state index in [4.69, 9.17) is 47.4 Å². The molecule has 21 nitrogen and oxygen atoms in total. The molecule has 0 aromatic rings. The summed E-state index contributed by atoms with van der Waals surface area (Å²) in [4.78, 5) is 0. The van der Waals surface area contributed by atoms with Gasteiger partial charge in [0, 0.05) is 12.3 Å². The van der Waals surface area contributed by atoms with Crippen LogP contribution in [0.5, 0.6) is 0 Å². The standard InChI is InChI=1S/C50H82O21/c1-20-8-13-50(64-17-20)21(2)32-29(71-50)15-27-25-7-6-23-14-24(9-11-48(23,4)26(25)10-12-49(27,32)5)66-47-43(70-46-40(60)37(57)35(55)30(16-51)67-46)41(61)42(69-45-38(58)34(54)28(52)18-62-45)31(68-47)19-63-44-39(59)36(56)33(53)22(3)65-44/h20-47,51-61H,6-19H2,1-5H3/t20-,21-,22-,23+,24-,25+,26-,27-,28+,29-,30+,31+,32-,33-,34-,35+,36+,37-,38+,39+,40+,41-,42+,43+,44+,45-,46-,47+,48-,49-,50+/m0/s1. The van der Waals surface area contributed by atoms with Gasteiger partial charge in [-0.15, -0.1) is 0 Å². The number of hydrogen-bond donors (Lipinski definition) is 11. The van der Waals surface area contributed by atoms with E-state index in [1.165, 1.54) is 6.92 Å². The highest BCUT2D eigenvalue weighted by atomic mass is 16.8. The maximum atomic E-state index is 12.4. The van der Waals surface area contributed by atoms with Crippen molar-refractivity contribution in [3.8, 4) is 0 Å². The Hall–Kier alpha value is -0.840. The summed E-state index contributed by atoms with van der Waals surface area (Å²) in [5.41, 5.74) is 0.200. The fraction of sp³-hybridized carbons (Fsp3) is 1.00. The minimum Gasteiger partial charge on any atom is -0.394 e. The first-order valence-corrected chi connectivity index (χ1v) is 26.6. The van der Waals surface area contributed by atoms with E-state index in [9.17, 15) is 56.2 Å². The van der Waals surface area contributed by atoms with Gasteiger partial charge in [-0.2, -0.15) is 0 Å². The highest BCUT2D eigenvalue weighted by Gasteiger charge is 2.69. The highest BCUT2D eigenvalue weighted by molar-refractivity contribution is 5.15. The van der Waals surface area contributed by atoms with Gasteiger partial charge in [-0.05, 0) is 111 Å². The van der Waals surface area contributed by atoms with Gasteiger partial charge in [-0.1, -0.05) is 27.7 Å². The van der Waals surface area contributed by atoms with E-state index in [-0.39, 0.29) is 22.9 Å². The highest BCUT2D eigenvalue weighted by Crippen LogP contribution is 2.71. The molecule has 31 atom stereocenters. The Kier molecular flexibility index (Phi) is 15.5. The molecular weight excluding hydrogens is 937 g/mol. The van der Waals surface area contributed by atoms with Crippen molar-refractivity contribution < 1.29 is 104 Å². The quantitative estimate of drug-likeness (QED) is 0.114. The van der Waals surface area contributed by atoms with Gasteiger partial charge in [-0.25, -0.2) is 0 Å². The molecule has 408 valence electrons. The van der Waals surface area contributed by atoms with Crippen LogP contribution in [-0.4, -0.2) is 217 Å². The monoisotopic (exact) mass is 1020 g/mol. The Bertz CT molecular complexity index is 1810. The summed E-state index contributed by atoms with van der Waals surface area (Å²) in [6.45, 7) is 10.1. The lowest BCUT2D eigenvalue weighted by molar-refractivity contribution is -0.392. The van der Waals surface area contributed by atoms with E-state index in [0.29, 0.717) is 48.3 Å². The van der Waals surface area contributed by atoms with Gasteiger partial charge >= 0.3 is 0 Å². The fourth-order valence-electron chi connectivity index (χ4n) is 15.7. The van der Waals surface area contributed by atoms with Crippen LogP contribution in [0.15, 0.2) is 0 Å². The molecule has 10 fully saturated rings. The molecule has 0 bridgehead atoms. The summed E-state index contributed by atoms with van der Waals surface area (Å²) in [6, 6.07) is 0. The minimum absolute atomic E-state index is 0.0294. The number of ether oxygens (including phenoxy) is 10. The Labute approximate surface area is 414 Å². The smallest absolute Gasteiger partial charge is 0.187 e. The molecule has 1 spiro atoms. The van der Waals surface area contributed by atoms with E-state index >= 15 is 0 Å². The summed E-state index contributed by atoms with van der Waals surface area (Å²) >= 11 is 0. The van der Waals surface area contributed by atoms with Crippen molar-refractivity contribution >= 4 is 0 Å². The summed E-state index contributed by atoms with van der Waals surface area (Å²) in [5, 5.41) is 118. The molecular formula is C50H82O21. The van der Waals surface area contributed by atoms with Crippen molar-refractivity contribution in [3.05, 3.63) is 0 Å². The molecule has 71 heavy (non-hydrogen) atoms. The second-order valence-electron chi connectivity index (χ2n) is 23.9. The zero-order valence-corrected chi connectivity index (χ0v) is 41.6. The first-order chi connectivity index (χ1) is 33.7. The third kappa shape index (κ3) is 9.30. The SMILES string of the molecule is C[C@H]1CC[C@@]2(OC1)O[C@H]1C[C@H]3[C@@H]4CC[C@@H]5C[C@@H](O[C@@H]6O[C@H](CO[C@@H]7O[C@@H](C)[C@H](O)[C@@H](O)[C@H]7O)[C@@H](O[C@@H]7OC[C@@H](O)[C@H](O)[C@H]7O)[C@H](O)[C@H]6O[C@@H]6O[C@H](CO)[C@@H](O)[C@H](O)[C@H]6O)CC[C@]5(C)[C@H]4CC[C@]3(C)[C@H]1[C@@H]2C. The average Bonchev–Trinajstić information content (AvgIpc) is 3.80. The molecule has 6 heterocycles. The van der Waals surface area contributed by atoms with E-state index in [1.54, 1.807) is 0 Å². The number of hydrogen-bond acceptors (Lipinski definition) is 21. The zero-order chi connectivity index (χ0) is 50.6. The largest absolute Gasteiger partial charge is 0.394 e. The van der Waals surface area contributed by atoms with E-state index < -0.39 is 148 Å². The molecule has 4 aliphatic carbocycles. The maximum absolute atomic E-state index is 12.4. The molecule has 11 N–H and O–H groups in total. The number of rotatable bonds is 10. The van der Waals surface area contributed by atoms with Crippen LogP contribution < -0.4 is 0 Å². The summed E-state index contributed by atoms with van der Waals surface area (Å²) < 4.78 is 62.4. The summed E-state index contributed by atoms with van der Waals surface area (Å²) in [5.74, 6) is 2.80. The lowest BCUT2D eigenvalue weighted by atomic mass is 9.44. The minimum atomic E-state index is -1.88. The Morgan fingerprint density at radius 1 is 0.563 bits per heavy atom. The van der Waals surface area contributed by atoms with Crippen molar-refractivity contribution in [1.29, 1.82) is 0 Å². The van der Waals surface area contributed by atoms with Crippen LogP contribution in [0.4, 0.5) is 0 Å². The van der Waals surface area contributed by atoms with Gasteiger partial charge in [0.25, 0.3) is 0 Å². The van der Waals surface area contributed by atoms with E-state index in [1.807, 2.05) is 0 Å². The Balaban J connectivity index is 0.881. The first kappa shape index (κ1) is 53.6. The van der Waals surface area contributed by atoms with Gasteiger partial charge in [0.15, 0.2) is 30.9 Å². The Morgan fingerprint density at radius 3 is 1.99 bits per heavy atom. The zero-order valence-electron chi connectivity index (χ0n) is 41.6. The third-order valence-electron chi connectivity index (χ3n) is 19.9. The second kappa shape index (κ2) is 20.5. The second-order valence-corrected chi connectivity index (χ2v) is 23.9. The number of aliphatic hydroxyl groups excluding tert-OH is 11. The predicted octanol–water partition coefficient (Wildman–Crippen LogP) is -1.24. The van der Waals surface area contributed by atoms with Crippen molar-refractivity contribution in [3.63, 3.8) is 0 Å². The van der Waals surface area contributed by atoms with Crippen molar-refractivity contribution in [1.82, 2.24) is 0 Å². The van der Waals surface area contributed by atoms with Crippen molar-refractivity contribution in [2.24, 2.45) is 52.3 Å². The molecule has 21 heteroatoms. The van der Waals surface area contributed by atoms with Gasteiger partial charge in [0.2, 0.25) is 0 Å². The van der Waals surface area contributed by atoms with Crippen LogP contribution in [0.25, 0.3) is 0 Å². The van der Waals surface area contributed by atoms with Crippen LogP contribution in [0.1, 0.15) is 98.8 Å². The third-order valence-corrected chi connectivity index (χ3v) is 19.9. The molecule has 0 unspecified atom stereocenters. The fourth-order valence-corrected chi connectivity index (χ4v) is 15.7. The molecule has 0 aromatic carbocycles. The number of fused-ring (bicyclic) bond motifs is 7. The van der Waals surface area contributed by atoms with Crippen molar-refractivity contribution in [2.75, 3.05) is 26.4 Å². The van der Waals surface area contributed by atoms with Crippen molar-refractivity contribution in [2.45, 2.75) is 234 Å². The molecule has 4 saturated carbocycles. The normalized spacial score (nSPS) is 58.5. The molecule has 6 aliphatic heterocycles. The average molecular weight is 1020 g/mol. The van der Waals surface area contributed by atoms with E-state index in [0.717, 1.165) is 58.0 Å². The molecule has 0 radical (unpaired) electrons. The lowest BCUT2D eigenvalue weighted by Gasteiger charge is -2.61. The van der Waals surface area contributed by atoms with Gasteiger partial charge < -0.3 is 104 Å². The molecule has 0 amide bonds. The molecule has 10 rings (SSSR count). The van der Waals surface area contributed by atoms with Crippen LogP contribution in [-0.2, 0) is 47.4 Å². The summed E-state index contributed by atoms with van der Waals surface area (Å²) in [7, 11) is 0. The van der Waals surface area contributed by atoms with Crippen LogP contribution in [0, 0.1) is 52.3 Å². The summed E-state index contributed by atoms with van der Waals surface area (Å²) in [6.07, 6.45) is -20.7. The predicted molar refractivity (Wildman–Crippen MR) is 241 cm³/mol. The van der Waals surface area contributed by atoms with Crippen LogP contribution in [0.3, 0.4) is 0 Å². The van der Waals surface area contributed by atoms with Gasteiger partial charge in [0.1, 0.15) is 85.5 Å². The van der Waals surface area contributed by atoms with Crippen LogP contribution in [0.2, 0.25) is 0 Å². The topological polar surface area (TPSA) is 315 Å². The van der Waals surface area contributed by atoms with Crippen LogP contribution >= 0.6 is 0 Å². The maximum Gasteiger partial charge on any atom is 0.187 e. The molecule has 10 aliphatic rings. The van der Waals surface area contributed by atoms with Gasteiger partial charge in [0.05, 0.1) is 44.7 Å². The number of aliphatic hydroxyl groups is 11. The molecule has 0 aromatic heterocycles. The lowest BCUT2D eigenvalue weighted by Crippen LogP contribution is -2.67. The van der Waals surface area contributed by atoms with E-state index in [2.05, 4.69) is 27.7 Å². The van der Waals surface area contributed by atoms with Gasteiger partial charge in [-0.3, -0.25) is 0 Å².